The fourth-order valence-electron chi connectivity index (χ4n) is 4.30. The summed E-state index contributed by atoms with van der Waals surface area (Å²) in [6.45, 7) is 3.73. The zero-order chi connectivity index (χ0) is 25.1. The van der Waals surface area contributed by atoms with E-state index in [9.17, 15) is 9.59 Å². The third-order valence-corrected chi connectivity index (χ3v) is 6.16. The van der Waals surface area contributed by atoms with Crippen molar-refractivity contribution >= 4 is 22.7 Å². The third kappa shape index (κ3) is 4.49. The monoisotopic (exact) mass is 472 g/mol. The van der Waals surface area contributed by atoms with Crippen molar-refractivity contribution in [2.45, 2.75) is 13.8 Å². The van der Waals surface area contributed by atoms with Crippen LogP contribution >= 0.6 is 0 Å². The minimum atomic E-state index is -0.523. The summed E-state index contributed by atoms with van der Waals surface area (Å²) >= 11 is 0. The molecule has 0 spiro atoms. The molecule has 36 heavy (non-hydrogen) atoms. The van der Waals surface area contributed by atoms with Crippen molar-refractivity contribution in [2.24, 2.45) is 0 Å². The van der Waals surface area contributed by atoms with Crippen LogP contribution in [0.5, 0.6) is 11.5 Å². The number of hydrogen-bond acceptors (Lipinski definition) is 4. The molecule has 0 N–H and O–H groups in total. The molecule has 5 aromatic carbocycles. The number of carbonyl (C=O) groups excluding carboxylic acids is 2. The Morgan fingerprint density at radius 2 is 1.08 bits per heavy atom. The van der Waals surface area contributed by atoms with E-state index in [-0.39, 0.29) is 11.5 Å². The summed E-state index contributed by atoms with van der Waals surface area (Å²) in [5.41, 5.74) is 4.12. The predicted octanol–water partition coefficient (Wildman–Crippen LogP) is 7.56. The SMILES string of the molecule is Cc1cc(-c2cccc3ccccc23)c(C)c(OC(=O)c2ccccc2)c1OC(=O)c1ccccc1. The van der Waals surface area contributed by atoms with Gasteiger partial charge in [-0.2, -0.15) is 0 Å². The highest BCUT2D eigenvalue weighted by Gasteiger charge is 2.24. The van der Waals surface area contributed by atoms with Crippen molar-refractivity contribution in [2.75, 3.05) is 0 Å². The van der Waals surface area contributed by atoms with Gasteiger partial charge in [0.05, 0.1) is 11.1 Å². The maximum Gasteiger partial charge on any atom is 0.343 e. The Balaban J connectivity index is 1.66. The highest BCUT2D eigenvalue weighted by molar-refractivity contribution is 5.99. The molecule has 0 radical (unpaired) electrons. The summed E-state index contributed by atoms with van der Waals surface area (Å²) in [5.74, 6) is -0.580. The molecular formula is C32H24O4. The average molecular weight is 473 g/mol. The van der Waals surface area contributed by atoms with Gasteiger partial charge in [0.15, 0.2) is 11.5 Å². The van der Waals surface area contributed by atoms with E-state index in [1.165, 1.54) is 0 Å². The first-order valence-electron chi connectivity index (χ1n) is 11.7. The van der Waals surface area contributed by atoms with Gasteiger partial charge in [-0.25, -0.2) is 9.59 Å². The number of carbonyl (C=O) groups is 2. The van der Waals surface area contributed by atoms with Crippen LogP contribution in [0.25, 0.3) is 21.9 Å². The van der Waals surface area contributed by atoms with Crippen LogP contribution in [0.4, 0.5) is 0 Å². The Labute approximate surface area is 209 Å². The van der Waals surface area contributed by atoms with Crippen molar-refractivity contribution in [3.8, 4) is 22.6 Å². The number of ether oxygens (including phenoxy) is 2. The molecule has 0 aromatic heterocycles. The summed E-state index contributed by atoms with van der Waals surface area (Å²) in [6, 6.07) is 33.7. The predicted molar refractivity (Wildman–Crippen MR) is 142 cm³/mol. The van der Waals surface area contributed by atoms with Crippen LogP contribution in [0, 0.1) is 13.8 Å². The standard InChI is InChI=1S/C32H24O4/c1-21-20-28(27-19-11-17-23-12-9-10-18-26(23)27)22(2)30(36-32(34)25-15-7-4-8-16-25)29(21)35-31(33)24-13-5-3-6-14-24/h3-20H,1-2H3. The van der Waals surface area contributed by atoms with Gasteiger partial charge in [0.2, 0.25) is 0 Å². The first-order chi connectivity index (χ1) is 17.5. The zero-order valence-electron chi connectivity index (χ0n) is 20.0. The van der Waals surface area contributed by atoms with Gasteiger partial charge in [0.25, 0.3) is 0 Å². The second-order valence-electron chi connectivity index (χ2n) is 8.56. The molecule has 5 rings (SSSR count). The van der Waals surface area contributed by atoms with Crippen molar-refractivity contribution in [1.82, 2.24) is 0 Å². The van der Waals surface area contributed by atoms with Gasteiger partial charge in [0.1, 0.15) is 0 Å². The topological polar surface area (TPSA) is 52.6 Å². The Bertz CT molecular complexity index is 1570. The summed E-state index contributed by atoms with van der Waals surface area (Å²) in [7, 11) is 0. The number of fused-ring (bicyclic) bond motifs is 1. The number of rotatable bonds is 5. The van der Waals surface area contributed by atoms with E-state index in [1.54, 1.807) is 48.5 Å². The van der Waals surface area contributed by atoms with Crippen LogP contribution in [-0.2, 0) is 0 Å². The molecule has 0 amide bonds. The minimum Gasteiger partial charge on any atom is -0.419 e. The summed E-state index contributed by atoms with van der Waals surface area (Å²) < 4.78 is 11.8. The largest absolute Gasteiger partial charge is 0.419 e. The fraction of sp³-hybridized carbons (Fsp3) is 0.0625. The van der Waals surface area contributed by atoms with Gasteiger partial charge in [-0.3, -0.25) is 0 Å². The number of esters is 2. The lowest BCUT2D eigenvalue weighted by Gasteiger charge is -2.19. The minimum absolute atomic E-state index is 0.231. The maximum atomic E-state index is 13.1. The van der Waals surface area contributed by atoms with Crippen LogP contribution in [0.1, 0.15) is 31.8 Å². The second-order valence-corrected chi connectivity index (χ2v) is 8.56. The van der Waals surface area contributed by atoms with Gasteiger partial charge in [-0.05, 0) is 71.6 Å². The van der Waals surface area contributed by atoms with E-state index in [0.29, 0.717) is 22.3 Å². The van der Waals surface area contributed by atoms with E-state index in [4.69, 9.17) is 9.47 Å². The van der Waals surface area contributed by atoms with Crippen LogP contribution in [0.15, 0.2) is 109 Å². The molecule has 4 heteroatoms. The summed E-state index contributed by atoms with van der Waals surface area (Å²) in [5, 5.41) is 2.19. The van der Waals surface area contributed by atoms with Crippen LogP contribution < -0.4 is 9.47 Å². The first kappa shape index (κ1) is 23.1. The molecule has 0 saturated heterocycles. The number of hydrogen-bond donors (Lipinski definition) is 0. The molecular weight excluding hydrogens is 448 g/mol. The average Bonchev–Trinajstić information content (AvgIpc) is 2.93. The summed E-state index contributed by atoms with van der Waals surface area (Å²) in [4.78, 5) is 26.0. The molecule has 0 fully saturated rings. The molecule has 0 aliphatic carbocycles. The van der Waals surface area contributed by atoms with E-state index in [1.807, 2.05) is 56.3 Å². The van der Waals surface area contributed by atoms with Gasteiger partial charge >= 0.3 is 11.9 Å². The molecule has 0 unspecified atom stereocenters. The molecule has 0 aliphatic rings. The summed E-state index contributed by atoms with van der Waals surface area (Å²) in [6.07, 6.45) is 0. The molecule has 0 bridgehead atoms. The van der Waals surface area contributed by atoms with Crippen LogP contribution in [0.2, 0.25) is 0 Å². The molecule has 0 saturated carbocycles. The van der Waals surface area contributed by atoms with Crippen molar-refractivity contribution < 1.29 is 19.1 Å². The van der Waals surface area contributed by atoms with Crippen LogP contribution in [0.3, 0.4) is 0 Å². The first-order valence-corrected chi connectivity index (χ1v) is 11.7. The Morgan fingerprint density at radius 1 is 0.556 bits per heavy atom. The maximum absolute atomic E-state index is 13.1. The lowest BCUT2D eigenvalue weighted by molar-refractivity contribution is 0.0680. The molecule has 5 aromatic rings. The zero-order valence-corrected chi connectivity index (χ0v) is 20.0. The molecule has 176 valence electrons. The number of benzene rings is 5. The molecule has 4 nitrogen and oxygen atoms in total. The molecule has 0 heterocycles. The van der Waals surface area contributed by atoms with E-state index >= 15 is 0 Å². The van der Waals surface area contributed by atoms with Crippen LogP contribution in [-0.4, -0.2) is 11.9 Å². The lowest BCUT2D eigenvalue weighted by atomic mass is 9.92. The lowest BCUT2D eigenvalue weighted by Crippen LogP contribution is -2.14. The van der Waals surface area contributed by atoms with Gasteiger partial charge in [-0.15, -0.1) is 0 Å². The highest BCUT2D eigenvalue weighted by atomic mass is 16.6. The van der Waals surface area contributed by atoms with E-state index in [0.717, 1.165) is 21.9 Å². The smallest absolute Gasteiger partial charge is 0.343 e. The molecule has 0 aliphatic heterocycles. The highest BCUT2D eigenvalue weighted by Crippen LogP contribution is 2.43. The number of aryl methyl sites for hydroxylation is 1. The van der Waals surface area contributed by atoms with Gasteiger partial charge < -0.3 is 9.47 Å². The quantitative estimate of drug-likeness (QED) is 0.196. The van der Waals surface area contributed by atoms with Crippen molar-refractivity contribution in [3.63, 3.8) is 0 Å². The van der Waals surface area contributed by atoms with E-state index in [2.05, 4.69) is 18.2 Å². The van der Waals surface area contributed by atoms with Gasteiger partial charge in [-0.1, -0.05) is 78.9 Å². The Kier molecular flexibility index (Phi) is 6.33. The van der Waals surface area contributed by atoms with Crippen molar-refractivity contribution in [3.05, 3.63) is 131 Å². The van der Waals surface area contributed by atoms with Crippen molar-refractivity contribution in [1.29, 1.82) is 0 Å². The molecule has 0 atom stereocenters. The van der Waals surface area contributed by atoms with Gasteiger partial charge in [0, 0.05) is 5.56 Å². The fourth-order valence-corrected chi connectivity index (χ4v) is 4.30. The second kappa shape index (κ2) is 9.88. The normalized spacial score (nSPS) is 10.7. The van der Waals surface area contributed by atoms with E-state index < -0.39 is 11.9 Å². The Morgan fingerprint density at radius 3 is 1.72 bits per heavy atom. The third-order valence-electron chi connectivity index (χ3n) is 6.16. The Hall–Kier alpha value is -4.70.